The number of likely N-dealkylation sites (tertiary alicyclic amines) is 2. The Kier molecular flexibility index (Phi) is 10.4. The van der Waals surface area contributed by atoms with Gasteiger partial charge in [-0.2, -0.15) is 5.10 Å². The third-order valence-electron chi connectivity index (χ3n) is 11.1. The van der Waals surface area contributed by atoms with Gasteiger partial charge < -0.3 is 29.9 Å². The Balaban J connectivity index is 0.977. The zero-order valence-electron chi connectivity index (χ0n) is 29.3. The molecule has 3 saturated heterocycles. The number of urea groups is 1. The summed E-state index contributed by atoms with van der Waals surface area (Å²) in [5.41, 5.74) is 4.81. The van der Waals surface area contributed by atoms with Crippen molar-refractivity contribution in [1.82, 2.24) is 34.7 Å². The van der Waals surface area contributed by atoms with E-state index in [1.165, 1.54) is 0 Å². The van der Waals surface area contributed by atoms with Crippen LogP contribution in [0.15, 0.2) is 42.6 Å². The number of piperazine rings is 1. The highest BCUT2D eigenvalue weighted by molar-refractivity contribution is 5.91. The second-order valence-corrected chi connectivity index (χ2v) is 14.3. The highest BCUT2D eigenvalue weighted by Gasteiger charge is 2.36. The van der Waals surface area contributed by atoms with Crippen LogP contribution < -0.4 is 5.32 Å². The number of aromatic nitrogens is 2. The molecule has 1 aromatic heterocycles. The Bertz CT molecular complexity index is 1740. The third kappa shape index (κ3) is 7.96. The molecule has 0 bridgehead atoms. The lowest BCUT2D eigenvalue weighted by molar-refractivity contribution is -0.142. The first-order valence-electron chi connectivity index (χ1n) is 18.2. The number of nitrogens with zero attached hydrogens (tertiary/aromatic N) is 6. The molecule has 4 aliphatic heterocycles. The molecule has 4 aliphatic rings. The molecular weight excluding hydrogens is 652 g/mol. The van der Waals surface area contributed by atoms with Gasteiger partial charge in [0, 0.05) is 88.5 Å². The van der Waals surface area contributed by atoms with Gasteiger partial charge in [-0.15, -0.1) is 0 Å². The molecule has 272 valence electrons. The van der Waals surface area contributed by atoms with E-state index in [-0.39, 0.29) is 30.9 Å². The number of carbonyl (C=O) groups is 4. The average Bonchev–Trinajstić information content (AvgIpc) is 3.55. The van der Waals surface area contributed by atoms with E-state index in [1.54, 1.807) is 11.1 Å². The van der Waals surface area contributed by atoms with Crippen molar-refractivity contribution >= 4 is 40.6 Å². The lowest BCUT2D eigenvalue weighted by Gasteiger charge is -2.43. The van der Waals surface area contributed by atoms with Gasteiger partial charge in [-0.3, -0.25) is 24.5 Å². The van der Waals surface area contributed by atoms with Crippen LogP contribution in [-0.2, 0) is 27.2 Å². The molecule has 5 heterocycles. The second-order valence-electron chi connectivity index (χ2n) is 14.3. The number of hydrogen-bond donors (Lipinski definition) is 3. The molecule has 0 aliphatic carbocycles. The molecule has 7 rings (SSSR count). The van der Waals surface area contributed by atoms with E-state index in [2.05, 4.69) is 20.4 Å². The molecule has 2 aromatic carbocycles. The summed E-state index contributed by atoms with van der Waals surface area (Å²) in [5.74, 6) is -0.989. The maximum absolute atomic E-state index is 14.2. The Morgan fingerprint density at radius 3 is 2.37 bits per heavy atom. The van der Waals surface area contributed by atoms with E-state index in [0.717, 1.165) is 78.7 Å². The number of aromatic amines is 1. The number of benzene rings is 2. The van der Waals surface area contributed by atoms with Crippen LogP contribution >= 0.6 is 0 Å². The van der Waals surface area contributed by atoms with Crippen LogP contribution in [-0.4, -0.2) is 147 Å². The number of anilines is 1. The molecule has 51 heavy (non-hydrogen) atoms. The topological polar surface area (TPSA) is 155 Å². The number of ether oxygens (including phenoxy) is 1. The number of hydrogen-bond acceptors (Lipinski definition) is 8. The van der Waals surface area contributed by atoms with E-state index < -0.39 is 18.2 Å². The minimum atomic E-state index is -0.982. The summed E-state index contributed by atoms with van der Waals surface area (Å²) >= 11 is 0. The summed E-state index contributed by atoms with van der Waals surface area (Å²) in [7, 11) is 0. The van der Waals surface area contributed by atoms with Crippen LogP contribution in [0.3, 0.4) is 0 Å². The highest BCUT2D eigenvalue weighted by atomic mass is 16.6. The van der Waals surface area contributed by atoms with E-state index in [1.807, 2.05) is 58.0 Å². The molecule has 0 saturated carbocycles. The predicted octanol–water partition coefficient (Wildman–Crippen LogP) is 3.17. The predicted molar refractivity (Wildman–Crippen MR) is 191 cm³/mol. The minimum absolute atomic E-state index is 0.00639. The van der Waals surface area contributed by atoms with Crippen LogP contribution in [0, 0.1) is 6.92 Å². The number of piperidine rings is 2. The maximum atomic E-state index is 14.2. The number of rotatable bonds is 8. The fourth-order valence-electron chi connectivity index (χ4n) is 8.25. The van der Waals surface area contributed by atoms with Crippen LogP contribution in [0.25, 0.3) is 10.9 Å². The third-order valence-corrected chi connectivity index (χ3v) is 11.1. The summed E-state index contributed by atoms with van der Waals surface area (Å²) in [5, 5.41) is 20.3. The van der Waals surface area contributed by atoms with Gasteiger partial charge in [0.15, 0.2) is 6.10 Å². The van der Waals surface area contributed by atoms with Crippen LogP contribution in [0.4, 0.5) is 15.3 Å². The number of carboxylic acids is 1. The van der Waals surface area contributed by atoms with E-state index in [0.29, 0.717) is 51.6 Å². The molecule has 3 aromatic rings. The maximum Gasteiger partial charge on any atom is 0.410 e. The van der Waals surface area contributed by atoms with Crippen molar-refractivity contribution in [3.8, 4) is 0 Å². The van der Waals surface area contributed by atoms with Crippen molar-refractivity contribution in [3.05, 3.63) is 59.3 Å². The summed E-state index contributed by atoms with van der Waals surface area (Å²) in [6.45, 7) is 7.76. The summed E-state index contributed by atoms with van der Waals surface area (Å²) in [6.07, 6.45) is 4.18. The largest absolute Gasteiger partial charge is 0.480 e. The smallest absolute Gasteiger partial charge is 0.410 e. The van der Waals surface area contributed by atoms with Gasteiger partial charge in [0.25, 0.3) is 5.91 Å². The highest BCUT2D eigenvalue weighted by Crippen LogP contribution is 2.27. The molecule has 14 heteroatoms. The lowest BCUT2D eigenvalue weighted by Crippen LogP contribution is -2.55. The first-order valence-corrected chi connectivity index (χ1v) is 18.2. The molecule has 3 fully saturated rings. The summed E-state index contributed by atoms with van der Waals surface area (Å²) in [4.78, 5) is 61.9. The number of H-pyrrole nitrogens is 1. The molecule has 1 unspecified atom stereocenters. The zero-order valence-corrected chi connectivity index (χ0v) is 29.3. The fraction of sp³-hybridized carbons (Fsp3) is 0.541. The number of carboxylic acid groups (broad SMARTS) is 1. The van der Waals surface area contributed by atoms with E-state index >= 15 is 0 Å². The summed E-state index contributed by atoms with van der Waals surface area (Å²) < 4.78 is 6.11. The van der Waals surface area contributed by atoms with E-state index in [4.69, 9.17) is 9.84 Å². The number of fused-ring (bicyclic) bond motifs is 2. The zero-order chi connectivity index (χ0) is 35.5. The molecular formula is C37H48N8O6. The molecule has 1 atom stereocenters. The van der Waals surface area contributed by atoms with Gasteiger partial charge in [-0.25, -0.2) is 9.59 Å². The van der Waals surface area contributed by atoms with Crippen LogP contribution in [0.2, 0.25) is 0 Å². The van der Waals surface area contributed by atoms with Crippen molar-refractivity contribution in [2.75, 3.05) is 70.8 Å². The lowest BCUT2D eigenvalue weighted by atomic mass is 9.99. The molecule has 0 spiro atoms. The summed E-state index contributed by atoms with van der Waals surface area (Å²) in [6, 6.07) is 12.1. The SMILES string of the molecule is Cc1cc(CC(OC(=O)N2CCC(N3CCc4ccccc4NC3=O)CC2)C(=O)N2CCC(N3CCN(CC(=O)O)CC3)CC2)cc2cn[nH]c12. The van der Waals surface area contributed by atoms with Gasteiger partial charge in [0.2, 0.25) is 0 Å². The molecule has 0 radical (unpaired) electrons. The molecule has 4 amide bonds. The Hall–Kier alpha value is -4.69. The van der Waals surface area contributed by atoms with E-state index in [9.17, 15) is 19.2 Å². The minimum Gasteiger partial charge on any atom is -0.480 e. The number of nitrogens with one attached hydrogen (secondary N) is 2. The molecule has 14 nitrogen and oxygen atoms in total. The Morgan fingerprint density at radius 2 is 1.63 bits per heavy atom. The second kappa shape index (κ2) is 15.3. The number of aryl methyl sites for hydroxylation is 1. The van der Waals surface area contributed by atoms with Gasteiger partial charge in [-0.1, -0.05) is 24.3 Å². The van der Waals surface area contributed by atoms with Crippen molar-refractivity contribution in [1.29, 1.82) is 0 Å². The number of carbonyl (C=O) groups excluding carboxylic acids is 3. The quantitative estimate of drug-likeness (QED) is 0.322. The Morgan fingerprint density at radius 1 is 0.922 bits per heavy atom. The first kappa shape index (κ1) is 34.7. The van der Waals surface area contributed by atoms with Crippen LogP contribution in [0.1, 0.15) is 42.4 Å². The number of amides is 4. The molecule has 3 N–H and O–H groups in total. The first-order chi connectivity index (χ1) is 24.7. The van der Waals surface area contributed by atoms with Crippen molar-refractivity contribution < 1.29 is 29.0 Å². The van der Waals surface area contributed by atoms with Crippen LogP contribution in [0.5, 0.6) is 0 Å². The average molecular weight is 701 g/mol. The number of aliphatic carboxylic acids is 1. The van der Waals surface area contributed by atoms with Gasteiger partial charge in [0.1, 0.15) is 0 Å². The van der Waals surface area contributed by atoms with Crippen molar-refractivity contribution in [2.45, 2.75) is 63.6 Å². The fourth-order valence-corrected chi connectivity index (χ4v) is 8.25. The van der Waals surface area contributed by atoms with Gasteiger partial charge in [-0.05, 0) is 67.9 Å². The standard InChI is InChI=1S/C37H48N8O6/c1-25-20-26(21-28-23-38-40-34(25)28)22-32(35(48)43-11-7-29(8-12-43)42-18-16-41(17-19-42)24-33(46)47)51-37(50)44-13-9-30(10-14-44)45-15-6-27-4-2-3-5-31(27)39-36(45)49/h2-5,20-21,23,29-30,32H,6-19,22,24H2,1H3,(H,38,40)(H,39,49)(H,46,47). The van der Waals surface area contributed by atoms with Gasteiger partial charge in [0.05, 0.1) is 18.3 Å². The number of para-hydroxylation sites is 1. The van der Waals surface area contributed by atoms with Gasteiger partial charge >= 0.3 is 18.1 Å². The van der Waals surface area contributed by atoms with Crippen molar-refractivity contribution in [3.63, 3.8) is 0 Å². The Labute approximate surface area is 297 Å². The monoisotopic (exact) mass is 700 g/mol. The van der Waals surface area contributed by atoms with Crippen molar-refractivity contribution in [2.24, 2.45) is 0 Å². The normalized spacial score (nSPS) is 20.5.